The van der Waals surface area contributed by atoms with Gasteiger partial charge in [0.15, 0.2) is 5.82 Å². The minimum atomic E-state index is 0.605. The highest BCUT2D eigenvalue weighted by molar-refractivity contribution is 6.54. The Kier molecular flexibility index (Phi) is 4.60. The molecule has 2 aromatic heterocycles. The molecule has 8 heteroatoms. The standard InChI is InChI=1S/C20H21N7O/c1-5-21-17-11-10-15(12(2)22-17)24-19-18(14-8-6-7-9-16(14)28-4)26-27-20(19)23-13(3)25-27/h6-11H,5H2,1-4H3,(H,21,22)/b24-19-. The second-order valence-electron chi connectivity index (χ2n) is 6.31. The molecule has 0 bridgehead atoms. The van der Waals surface area contributed by atoms with Crippen molar-refractivity contribution in [3.63, 3.8) is 0 Å². The number of aliphatic imine (C=N–C) groups is 1. The Bertz CT molecular complexity index is 1100. The maximum atomic E-state index is 5.52. The molecule has 8 nitrogen and oxygen atoms in total. The molecule has 0 aliphatic carbocycles. The molecule has 0 unspecified atom stereocenters. The van der Waals surface area contributed by atoms with Crippen LogP contribution in [0.2, 0.25) is 0 Å². The SMILES string of the molecule is CCNc1ccc(/N=C2/C(c3ccccc3OC)=Nn3nc(C)nc32)c(C)n1. The van der Waals surface area contributed by atoms with Gasteiger partial charge in [0, 0.05) is 12.1 Å². The molecule has 1 aliphatic heterocycles. The Morgan fingerprint density at radius 2 is 1.93 bits per heavy atom. The van der Waals surface area contributed by atoms with Crippen molar-refractivity contribution in [2.45, 2.75) is 20.8 Å². The molecule has 3 heterocycles. The van der Waals surface area contributed by atoms with Gasteiger partial charge in [-0.1, -0.05) is 12.1 Å². The van der Waals surface area contributed by atoms with Gasteiger partial charge < -0.3 is 10.1 Å². The maximum Gasteiger partial charge on any atom is 0.204 e. The molecule has 1 N–H and O–H groups in total. The molecule has 1 aliphatic rings. The summed E-state index contributed by atoms with van der Waals surface area (Å²) in [6.45, 7) is 6.62. The van der Waals surface area contributed by atoms with Gasteiger partial charge in [-0.15, -0.1) is 15.0 Å². The number of pyridine rings is 1. The van der Waals surface area contributed by atoms with Crippen LogP contribution in [0.5, 0.6) is 5.75 Å². The van der Waals surface area contributed by atoms with Gasteiger partial charge in [0.1, 0.15) is 23.0 Å². The Labute approximate surface area is 163 Å². The van der Waals surface area contributed by atoms with Crippen LogP contribution in [0.3, 0.4) is 0 Å². The summed E-state index contributed by atoms with van der Waals surface area (Å²) in [7, 11) is 1.64. The molecule has 0 spiro atoms. The summed E-state index contributed by atoms with van der Waals surface area (Å²) in [5.74, 6) is 2.79. The minimum absolute atomic E-state index is 0.605. The van der Waals surface area contributed by atoms with Crippen LogP contribution in [0.25, 0.3) is 0 Å². The molecule has 0 amide bonds. The van der Waals surface area contributed by atoms with E-state index in [0.29, 0.717) is 28.8 Å². The van der Waals surface area contributed by atoms with Crippen molar-refractivity contribution in [2.75, 3.05) is 19.0 Å². The first kappa shape index (κ1) is 17.8. The van der Waals surface area contributed by atoms with Gasteiger partial charge in [0.2, 0.25) is 5.82 Å². The van der Waals surface area contributed by atoms with Crippen molar-refractivity contribution in [3.05, 3.63) is 59.3 Å². The van der Waals surface area contributed by atoms with Crippen molar-refractivity contribution < 1.29 is 4.74 Å². The van der Waals surface area contributed by atoms with E-state index in [9.17, 15) is 0 Å². The highest BCUT2D eigenvalue weighted by Crippen LogP contribution is 2.27. The van der Waals surface area contributed by atoms with Crippen LogP contribution in [0.1, 0.15) is 29.8 Å². The minimum Gasteiger partial charge on any atom is -0.496 e. The predicted octanol–water partition coefficient (Wildman–Crippen LogP) is 3.12. The fraction of sp³-hybridized carbons (Fsp3) is 0.250. The maximum absolute atomic E-state index is 5.52. The molecule has 0 radical (unpaired) electrons. The molecule has 0 saturated heterocycles. The van der Waals surface area contributed by atoms with Crippen LogP contribution in [-0.2, 0) is 0 Å². The Morgan fingerprint density at radius 3 is 2.68 bits per heavy atom. The van der Waals surface area contributed by atoms with E-state index in [2.05, 4.69) is 25.5 Å². The molecule has 0 saturated carbocycles. The van der Waals surface area contributed by atoms with E-state index in [1.54, 1.807) is 7.11 Å². The van der Waals surface area contributed by atoms with E-state index >= 15 is 0 Å². The predicted molar refractivity (Wildman–Crippen MR) is 109 cm³/mol. The second-order valence-corrected chi connectivity index (χ2v) is 6.31. The Hall–Kier alpha value is -3.55. The lowest BCUT2D eigenvalue weighted by Crippen LogP contribution is -2.15. The number of hydrogen-bond acceptors (Lipinski definition) is 7. The number of aryl methyl sites for hydroxylation is 2. The van der Waals surface area contributed by atoms with Crippen molar-refractivity contribution in [3.8, 4) is 5.75 Å². The van der Waals surface area contributed by atoms with E-state index < -0.39 is 0 Å². The lowest BCUT2D eigenvalue weighted by atomic mass is 10.0. The molecule has 1 aromatic carbocycles. The number of hydrogen-bond donors (Lipinski definition) is 1. The van der Waals surface area contributed by atoms with E-state index in [-0.39, 0.29) is 0 Å². The fourth-order valence-electron chi connectivity index (χ4n) is 3.07. The summed E-state index contributed by atoms with van der Waals surface area (Å²) in [5, 5.41) is 12.2. The average Bonchev–Trinajstić information content (AvgIpc) is 3.20. The van der Waals surface area contributed by atoms with Crippen LogP contribution in [0.15, 0.2) is 46.5 Å². The first-order chi connectivity index (χ1) is 13.6. The van der Waals surface area contributed by atoms with Gasteiger partial charge in [-0.25, -0.2) is 15.0 Å². The van der Waals surface area contributed by atoms with E-state index in [1.165, 1.54) is 4.79 Å². The average molecular weight is 375 g/mol. The second kappa shape index (κ2) is 7.22. The Balaban J connectivity index is 1.85. The third kappa shape index (κ3) is 3.13. The van der Waals surface area contributed by atoms with Gasteiger partial charge in [-0.05, 0) is 45.0 Å². The number of ether oxygens (including phenoxy) is 1. The third-order valence-electron chi connectivity index (χ3n) is 4.34. The fourth-order valence-corrected chi connectivity index (χ4v) is 3.07. The largest absolute Gasteiger partial charge is 0.496 e. The first-order valence-electron chi connectivity index (χ1n) is 9.07. The van der Waals surface area contributed by atoms with Crippen molar-refractivity contribution >= 4 is 22.9 Å². The van der Waals surface area contributed by atoms with Gasteiger partial charge in [-0.3, -0.25) is 0 Å². The lowest BCUT2D eigenvalue weighted by Gasteiger charge is -2.09. The van der Waals surface area contributed by atoms with Gasteiger partial charge in [0.25, 0.3) is 0 Å². The number of aromatic nitrogens is 4. The monoisotopic (exact) mass is 375 g/mol. The van der Waals surface area contributed by atoms with Gasteiger partial charge >= 0.3 is 0 Å². The summed E-state index contributed by atoms with van der Waals surface area (Å²) >= 11 is 0. The molecular formula is C20H21N7O. The number of rotatable bonds is 5. The summed E-state index contributed by atoms with van der Waals surface area (Å²) < 4.78 is 5.52. The molecule has 0 fully saturated rings. The molecular weight excluding hydrogens is 354 g/mol. The normalized spacial score (nSPS) is 14.1. The number of para-hydroxylation sites is 1. The summed E-state index contributed by atoms with van der Waals surface area (Å²) in [4.78, 5) is 15.5. The number of anilines is 1. The zero-order valence-electron chi connectivity index (χ0n) is 16.3. The van der Waals surface area contributed by atoms with Crippen LogP contribution in [0, 0.1) is 13.8 Å². The number of nitrogens with one attached hydrogen (secondary N) is 1. The number of methoxy groups -OCH3 is 1. The van der Waals surface area contributed by atoms with Crippen molar-refractivity contribution in [2.24, 2.45) is 10.1 Å². The number of fused-ring (bicyclic) bond motifs is 1. The summed E-state index contributed by atoms with van der Waals surface area (Å²) in [6.07, 6.45) is 0. The first-order valence-corrected chi connectivity index (χ1v) is 9.07. The summed E-state index contributed by atoms with van der Waals surface area (Å²) in [6, 6.07) is 11.6. The highest BCUT2D eigenvalue weighted by Gasteiger charge is 2.29. The van der Waals surface area contributed by atoms with Crippen LogP contribution < -0.4 is 10.1 Å². The Morgan fingerprint density at radius 1 is 1.11 bits per heavy atom. The quantitative estimate of drug-likeness (QED) is 0.740. The third-order valence-corrected chi connectivity index (χ3v) is 4.34. The van der Waals surface area contributed by atoms with Crippen molar-refractivity contribution in [1.29, 1.82) is 0 Å². The van der Waals surface area contributed by atoms with Crippen LogP contribution in [0.4, 0.5) is 11.5 Å². The highest BCUT2D eigenvalue weighted by atomic mass is 16.5. The van der Waals surface area contributed by atoms with Crippen LogP contribution in [-0.4, -0.2) is 44.9 Å². The molecule has 3 aromatic rings. The lowest BCUT2D eigenvalue weighted by molar-refractivity contribution is 0.414. The summed E-state index contributed by atoms with van der Waals surface area (Å²) in [5.41, 5.74) is 3.73. The molecule has 0 atom stereocenters. The smallest absolute Gasteiger partial charge is 0.204 e. The van der Waals surface area contributed by atoms with Crippen molar-refractivity contribution in [1.82, 2.24) is 19.9 Å². The van der Waals surface area contributed by atoms with E-state index in [0.717, 1.165) is 29.3 Å². The zero-order valence-corrected chi connectivity index (χ0v) is 16.3. The topological polar surface area (TPSA) is 89.6 Å². The molecule has 4 rings (SSSR count). The van der Waals surface area contributed by atoms with E-state index in [1.807, 2.05) is 57.2 Å². The van der Waals surface area contributed by atoms with E-state index in [4.69, 9.17) is 9.73 Å². The molecule has 28 heavy (non-hydrogen) atoms. The van der Waals surface area contributed by atoms with Gasteiger partial charge in [0.05, 0.1) is 18.5 Å². The van der Waals surface area contributed by atoms with Gasteiger partial charge in [-0.2, -0.15) is 0 Å². The zero-order chi connectivity index (χ0) is 19.7. The number of benzene rings is 1. The molecule has 142 valence electrons. The number of nitrogens with zero attached hydrogens (tertiary/aromatic N) is 6. The van der Waals surface area contributed by atoms with Crippen LogP contribution >= 0.6 is 0 Å².